The summed E-state index contributed by atoms with van der Waals surface area (Å²) in [6.45, 7) is 4.30. The van der Waals surface area contributed by atoms with Crippen LogP contribution in [-0.4, -0.2) is 45.1 Å². The smallest absolute Gasteiger partial charge is 0.233 e. The van der Waals surface area contributed by atoms with Gasteiger partial charge >= 0.3 is 0 Å². The third kappa shape index (κ3) is 3.86. The van der Waals surface area contributed by atoms with Crippen LogP contribution in [0.4, 0.5) is 0 Å². The van der Waals surface area contributed by atoms with Crippen molar-refractivity contribution < 1.29 is 4.79 Å². The lowest BCUT2D eigenvalue weighted by atomic mass is 9.98. The lowest BCUT2D eigenvalue weighted by Crippen LogP contribution is -2.48. The maximum atomic E-state index is 12.3. The number of rotatable bonds is 4. The van der Waals surface area contributed by atoms with Crippen LogP contribution in [-0.2, 0) is 4.79 Å². The van der Waals surface area contributed by atoms with Gasteiger partial charge in [-0.15, -0.1) is 10.2 Å². The summed E-state index contributed by atoms with van der Waals surface area (Å²) in [5, 5.41) is 8.12. The quantitative estimate of drug-likeness (QED) is 0.798. The molecule has 7 heteroatoms. The highest BCUT2D eigenvalue weighted by molar-refractivity contribution is 8.03. The third-order valence-corrected chi connectivity index (χ3v) is 6.38. The Morgan fingerprint density at radius 1 is 1.32 bits per heavy atom. The first-order chi connectivity index (χ1) is 9.11. The molecular formula is C12H19N3OS3. The van der Waals surface area contributed by atoms with Gasteiger partial charge in [-0.3, -0.25) is 4.79 Å². The van der Waals surface area contributed by atoms with Crippen molar-refractivity contribution in [1.29, 1.82) is 0 Å². The molecular weight excluding hydrogens is 298 g/mol. The van der Waals surface area contributed by atoms with E-state index in [1.54, 1.807) is 23.1 Å². The van der Waals surface area contributed by atoms with Crippen LogP contribution in [0.25, 0.3) is 0 Å². The van der Waals surface area contributed by atoms with Crippen LogP contribution in [0.1, 0.15) is 33.1 Å². The second kappa shape index (κ2) is 6.95. The lowest BCUT2D eigenvalue weighted by molar-refractivity contribution is -0.134. The van der Waals surface area contributed by atoms with Gasteiger partial charge in [0.15, 0.2) is 8.68 Å². The van der Waals surface area contributed by atoms with Gasteiger partial charge in [-0.1, -0.05) is 34.9 Å². The Morgan fingerprint density at radius 2 is 1.95 bits per heavy atom. The Kier molecular flexibility index (Phi) is 5.53. The molecule has 0 radical (unpaired) electrons. The van der Waals surface area contributed by atoms with Crippen molar-refractivity contribution >= 4 is 40.8 Å². The van der Waals surface area contributed by atoms with E-state index in [4.69, 9.17) is 0 Å². The van der Waals surface area contributed by atoms with Crippen LogP contribution in [0, 0.1) is 0 Å². The SMILES string of the molecule is CSc1nnc(SCC(=O)N2C(C)CCCC2C)s1. The van der Waals surface area contributed by atoms with Crippen LogP contribution in [0.2, 0.25) is 0 Å². The number of piperidine rings is 1. The fourth-order valence-electron chi connectivity index (χ4n) is 2.45. The molecule has 1 aromatic heterocycles. The Morgan fingerprint density at radius 3 is 2.53 bits per heavy atom. The molecule has 1 aliphatic rings. The molecule has 1 aromatic rings. The number of nitrogens with zero attached hydrogens (tertiary/aromatic N) is 3. The van der Waals surface area contributed by atoms with Crippen molar-refractivity contribution in [3.8, 4) is 0 Å². The molecule has 2 atom stereocenters. The second-order valence-electron chi connectivity index (χ2n) is 4.76. The van der Waals surface area contributed by atoms with Crippen molar-refractivity contribution in [1.82, 2.24) is 15.1 Å². The van der Waals surface area contributed by atoms with Gasteiger partial charge in [0.1, 0.15) is 0 Å². The van der Waals surface area contributed by atoms with Gasteiger partial charge < -0.3 is 4.90 Å². The van der Waals surface area contributed by atoms with E-state index in [9.17, 15) is 4.79 Å². The number of amides is 1. The topological polar surface area (TPSA) is 46.1 Å². The molecule has 4 nitrogen and oxygen atoms in total. The number of hydrogen-bond donors (Lipinski definition) is 0. The van der Waals surface area contributed by atoms with Gasteiger partial charge in [0, 0.05) is 12.1 Å². The van der Waals surface area contributed by atoms with Gasteiger partial charge in [0.25, 0.3) is 0 Å². The number of hydrogen-bond acceptors (Lipinski definition) is 6. The van der Waals surface area contributed by atoms with E-state index in [1.807, 2.05) is 11.2 Å². The van der Waals surface area contributed by atoms with E-state index in [0.29, 0.717) is 17.8 Å². The number of likely N-dealkylation sites (tertiary alicyclic amines) is 1. The van der Waals surface area contributed by atoms with Crippen LogP contribution < -0.4 is 0 Å². The average molecular weight is 318 g/mol. The van der Waals surface area contributed by atoms with Crippen LogP contribution in [0.3, 0.4) is 0 Å². The molecule has 2 unspecified atom stereocenters. The maximum Gasteiger partial charge on any atom is 0.233 e. The molecule has 2 rings (SSSR count). The van der Waals surface area contributed by atoms with Crippen molar-refractivity contribution in [2.45, 2.75) is 53.9 Å². The van der Waals surface area contributed by atoms with Gasteiger partial charge in [-0.05, 0) is 39.4 Å². The van der Waals surface area contributed by atoms with Crippen LogP contribution >= 0.6 is 34.9 Å². The fraction of sp³-hybridized carbons (Fsp3) is 0.750. The van der Waals surface area contributed by atoms with E-state index in [1.165, 1.54) is 18.2 Å². The van der Waals surface area contributed by atoms with Gasteiger partial charge in [0.2, 0.25) is 5.91 Å². The Balaban J connectivity index is 1.89. The van der Waals surface area contributed by atoms with Gasteiger partial charge in [-0.2, -0.15) is 0 Å². The summed E-state index contributed by atoms with van der Waals surface area (Å²) in [4.78, 5) is 14.4. The predicted molar refractivity (Wildman–Crippen MR) is 82.0 cm³/mol. The monoisotopic (exact) mass is 317 g/mol. The normalized spacial score (nSPS) is 23.6. The first kappa shape index (κ1) is 15.1. The largest absolute Gasteiger partial charge is 0.337 e. The minimum Gasteiger partial charge on any atom is -0.337 e. The molecule has 0 aliphatic carbocycles. The number of carbonyl (C=O) groups is 1. The Labute approximate surface area is 126 Å². The third-order valence-electron chi connectivity index (χ3n) is 3.36. The molecule has 0 spiro atoms. The number of thioether (sulfide) groups is 2. The maximum absolute atomic E-state index is 12.3. The van der Waals surface area contributed by atoms with Crippen molar-refractivity contribution in [3.63, 3.8) is 0 Å². The fourth-order valence-corrected chi connectivity index (χ4v) is 4.76. The molecule has 19 heavy (non-hydrogen) atoms. The summed E-state index contributed by atoms with van der Waals surface area (Å²) in [6, 6.07) is 0.737. The Hall–Kier alpha value is -0.270. The molecule has 0 bridgehead atoms. The highest BCUT2D eigenvalue weighted by Gasteiger charge is 2.28. The first-order valence-electron chi connectivity index (χ1n) is 6.43. The minimum absolute atomic E-state index is 0.227. The summed E-state index contributed by atoms with van der Waals surface area (Å²) in [5.41, 5.74) is 0. The first-order valence-corrected chi connectivity index (χ1v) is 9.46. The van der Waals surface area contributed by atoms with Gasteiger partial charge in [0.05, 0.1) is 5.75 Å². The predicted octanol–water partition coefficient (Wildman–Crippen LogP) is 3.14. The van der Waals surface area contributed by atoms with Crippen molar-refractivity contribution in [2.24, 2.45) is 0 Å². The van der Waals surface area contributed by atoms with E-state index in [0.717, 1.165) is 21.5 Å². The average Bonchev–Trinajstić information content (AvgIpc) is 2.84. The summed E-state index contributed by atoms with van der Waals surface area (Å²) >= 11 is 4.65. The minimum atomic E-state index is 0.227. The van der Waals surface area contributed by atoms with Crippen molar-refractivity contribution in [3.05, 3.63) is 0 Å². The molecule has 106 valence electrons. The molecule has 1 amide bonds. The zero-order chi connectivity index (χ0) is 13.8. The van der Waals surface area contributed by atoms with E-state index in [2.05, 4.69) is 24.0 Å². The summed E-state index contributed by atoms with van der Waals surface area (Å²) in [7, 11) is 0. The standard InChI is InChI=1S/C12H19N3OS3/c1-8-5-4-6-9(2)15(8)10(16)7-18-12-14-13-11(17-3)19-12/h8-9H,4-7H2,1-3H3. The number of aromatic nitrogens is 2. The molecule has 0 aromatic carbocycles. The molecule has 1 aliphatic heterocycles. The Bertz CT molecular complexity index is 428. The lowest BCUT2D eigenvalue weighted by Gasteiger charge is -2.39. The van der Waals surface area contributed by atoms with Crippen molar-refractivity contribution in [2.75, 3.05) is 12.0 Å². The summed E-state index contributed by atoms with van der Waals surface area (Å²) < 4.78 is 1.84. The summed E-state index contributed by atoms with van der Waals surface area (Å²) in [6.07, 6.45) is 5.45. The molecule has 2 heterocycles. The molecule has 1 saturated heterocycles. The molecule has 0 N–H and O–H groups in total. The summed E-state index contributed by atoms with van der Waals surface area (Å²) in [5.74, 6) is 0.697. The van der Waals surface area contributed by atoms with Crippen LogP contribution in [0.15, 0.2) is 8.68 Å². The van der Waals surface area contributed by atoms with Crippen LogP contribution in [0.5, 0.6) is 0 Å². The van der Waals surface area contributed by atoms with E-state index in [-0.39, 0.29) is 5.91 Å². The highest BCUT2D eigenvalue weighted by Crippen LogP contribution is 2.29. The molecule has 1 fully saturated rings. The number of carbonyl (C=O) groups excluding carboxylic acids is 1. The van der Waals surface area contributed by atoms with Gasteiger partial charge in [-0.25, -0.2) is 0 Å². The van der Waals surface area contributed by atoms with E-state index < -0.39 is 0 Å². The zero-order valence-corrected chi connectivity index (χ0v) is 13.9. The highest BCUT2D eigenvalue weighted by atomic mass is 32.2. The molecule has 0 saturated carbocycles. The second-order valence-corrected chi connectivity index (χ2v) is 8.01. The zero-order valence-electron chi connectivity index (χ0n) is 11.5. The van der Waals surface area contributed by atoms with E-state index >= 15 is 0 Å².